The summed E-state index contributed by atoms with van der Waals surface area (Å²) < 4.78 is 0. The van der Waals surface area contributed by atoms with Gasteiger partial charge in [-0.05, 0) is 42.7 Å². The van der Waals surface area contributed by atoms with E-state index in [4.69, 9.17) is 0 Å². The number of aryl methyl sites for hydroxylation is 1. The molecule has 162 valence electrons. The van der Waals surface area contributed by atoms with Crippen LogP contribution < -0.4 is 10.6 Å². The van der Waals surface area contributed by atoms with E-state index in [1.54, 1.807) is 12.3 Å². The Hall–Kier alpha value is -3.94. The van der Waals surface area contributed by atoms with Crippen molar-refractivity contribution >= 4 is 34.5 Å². The number of fused-ring (bicyclic) bond motifs is 2. The molecule has 1 saturated heterocycles. The summed E-state index contributed by atoms with van der Waals surface area (Å²) in [6.07, 6.45) is 2.26. The third-order valence-corrected chi connectivity index (χ3v) is 6.12. The molecule has 3 heterocycles. The molecule has 1 aromatic heterocycles. The highest BCUT2D eigenvalue weighted by Crippen LogP contribution is 2.28. The maximum Gasteiger partial charge on any atom is 0.255 e. The number of carbonyl (C=O) groups excluding carboxylic acids is 4. The van der Waals surface area contributed by atoms with Crippen molar-refractivity contribution in [1.29, 1.82) is 0 Å². The fourth-order valence-electron chi connectivity index (χ4n) is 4.44. The number of benzene rings is 2. The van der Waals surface area contributed by atoms with Gasteiger partial charge in [-0.15, -0.1) is 0 Å². The second kappa shape index (κ2) is 7.64. The van der Waals surface area contributed by atoms with Gasteiger partial charge in [0.25, 0.3) is 11.8 Å². The number of piperidine rings is 1. The summed E-state index contributed by atoms with van der Waals surface area (Å²) in [5, 5.41) is 6.12. The van der Waals surface area contributed by atoms with Crippen LogP contribution in [0.25, 0.3) is 10.9 Å². The third kappa shape index (κ3) is 3.43. The summed E-state index contributed by atoms with van der Waals surface area (Å²) in [4.78, 5) is 53.8. The Morgan fingerprint density at radius 2 is 2.00 bits per heavy atom. The highest BCUT2D eigenvalue weighted by atomic mass is 16.2. The molecule has 2 aromatic carbocycles. The minimum absolute atomic E-state index is 0.177. The van der Waals surface area contributed by atoms with Crippen LogP contribution in [0, 0.1) is 6.92 Å². The van der Waals surface area contributed by atoms with Gasteiger partial charge >= 0.3 is 0 Å². The first-order valence-electron chi connectivity index (χ1n) is 10.5. The molecule has 0 saturated carbocycles. The number of hydrogen-bond donors (Lipinski definition) is 3. The molecule has 2 aliphatic heterocycles. The topological polar surface area (TPSA) is 111 Å². The first-order valence-corrected chi connectivity index (χ1v) is 10.5. The lowest BCUT2D eigenvalue weighted by Gasteiger charge is -2.29. The lowest BCUT2D eigenvalue weighted by Crippen LogP contribution is -2.52. The van der Waals surface area contributed by atoms with Crippen molar-refractivity contribution in [3.05, 3.63) is 70.4 Å². The number of amides is 4. The minimum atomic E-state index is -0.638. The van der Waals surface area contributed by atoms with Gasteiger partial charge in [0.15, 0.2) is 0 Å². The molecule has 0 bridgehead atoms. The molecule has 8 heteroatoms. The zero-order valence-corrected chi connectivity index (χ0v) is 17.5. The van der Waals surface area contributed by atoms with Gasteiger partial charge in [0.1, 0.15) is 6.04 Å². The summed E-state index contributed by atoms with van der Waals surface area (Å²) in [7, 11) is 0. The van der Waals surface area contributed by atoms with Crippen molar-refractivity contribution in [2.24, 2.45) is 0 Å². The molecule has 32 heavy (non-hydrogen) atoms. The van der Waals surface area contributed by atoms with Gasteiger partial charge in [-0.1, -0.05) is 23.8 Å². The second-order valence-electron chi connectivity index (χ2n) is 8.33. The maximum absolute atomic E-state index is 12.8. The fraction of sp³-hybridized carbons (Fsp3) is 0.250. The van der Waals surface area contributed by atoms with Crippen LogP contribution in [0.15, 0.2) is 42.6 Å². The number of hydrogen-bond acceptors (Lipinski definition) is 4. The van der Waals surface area contributed by atoms with Crippen LogP contribution in [0.5, 0.6) is 0 Å². The molecule has 3 aromatic rings. The van der Waals surface area contributed by atoms with Crippen molar-refractivity contribution in [1.82, 2.24) is 20.5 Å². The van der Waals surface area contributed by atoms with Gasteiger partial charge in [-0.3, -0.25) is 24.5 Å². The molecule has 1 atom stereocenters. The van der Waals surface area contributed by atoms with E-state index in [1.807, 2.05) is 37.3 Å². The number of aromatic nitrogens is 1. The molecule has 8 nitrogen and oxygen atoms in total. The van der Waals surface area contributed by atoms with Crippen molar-refractivity contribution in [3.8, 4) is 0 Å². The molecule has 0 radical (unpaired) electrons. The largest absolute Gasteiger partial charge is 0.360 e. The SMILES string of the molecule is Cc1ccc2[nH]cc(C(=O)NCc3ccc4c(c3)CN(C3CCC(=O)NC3=O)C4=O)c2c1. The standard InChI is InChI=1S/C24H22N4O4/c1-13-2-5-19-17(8-13)18(11-25-19)22(30)26-10-14-3-4-16-15(9-14)12-28(24(16)32)20-6-7-21(29)27-23(20)31/h2-5,8-9,11,20,25H,6-7,10,12H2,1H3,(H,26,30)(H,27,29,31). The molecule has 3 N–H and O–H groups in total. The summed E-state index contributed by atoms with van der Waals surface area (Å²) in [5.74, 6) is -1.12. The highest BCUT2D eigenvalue weighted by Gasteiger charge is 2.39. The summed E-state index contributed by atoms with van der Waals surface area (Å²) in [6, 6.07) is 10.7. The molecule has 1 unspecified atom stereocenters. The van der Waals surface area contributed by atoms with E-state index in [1.165, 1.54) is 4.90 Å². The summed E-state index contributed by atoms with van der Waals surface area (Å²) in [5.41, 5.74) is 4.81. The van der Waals surface area contributed by atoms with Crippen LogP contribution in [0.3, 0.4) is 0 Å². The Kier molecular flexibility index (Phi) is 4.77. The van der Waals surface area contributed by atoms with Crippen molar-refractivity contribution in [2.45, 2.75) is 38.9 Å². The van der Waals surface area contributed by atoms with E-state index < -0.39 is 11.9 Å². The average Bonchev–Trinajstić information content (AvgIpc) is 3.33. The van der Waals surface area contributed by atoms with E-state index in [2.05, 4.69) is 15.6 Å². The lowest BCUT2D eigenvalue weighted by molar-refractivity contribution is -0.136. The van der Waals surface area contributed by atoms with Crippen LogP contribution in [0.2, 0.25) is 0 Å². The zero-order chi connectivity index (χ0) is 22.4. The Bertz CT molecular complexity index is 1290. The molecule has 0 aliphatic carbocycles. The van der Waals surface area contributed by atoms with Gasteiger partial charge in [0.2, 0.25) is 11.8 Å². The number of aromatic amines is 1. The molecule has 5 rings (SSSR count). The van der Waals surface area contributed by atoms with Gasteiger partial charge in [-0.2, -0.15) is 0 Å². The Labute approximate surface area is 184 Å². The van der Waals surface area contributed by atoms with Crippen LogP contribution >= 0.6 is 0 Å². The Morgan fingerprint density at radius 3 is 2.81 bits per heavy atom. The number of imide groups is 1. The van der Waals surface area contributed by atoms with Crippen LogP contribution in [0.4, 0.5) is 0 Å². The minimum Gasteiger partial charge on any atom is -0.360 e. The number of nitrogens with zero attached hydrogens (tertiary/aromatic N) is 1. The number of rotatable bonds is 4. The van der Waals surface area contributed by atoms with E-state index in [-0.39, 0.29) is 24.1 Å². The molecular formula is C24H22N4O4. The third-order valence-electron chi connectivity index (χ3n) is 6.12. The van der Waals surface area contributed by atoms with Crippen LogP contribution in [0.1, 0.15) is 50.2 Å². The first-order chi connectivity index (χ1) is 15.4. The first kappa shape index (κ1) is 20.0. The number of nitrogens with one attached hydrogen (secondary N) is 3. The monoisotopic (exact) mass is 430 g/mol. The van der Waals surface area contributed by atoms with Gasteiger partial charge in [-0.25, -0.2) is 0 Å². The van der Waals surface area contributed by atoms with E-state index in [0.717, 1.165) is 27.6 Å². The molecular weight excluding hydrogens is 408 g/mol. The van der Waals surface area contributed by atoms with E-state index in [0.29, 0.717) is 30.6 Å². The quantitative estimate of drug-likeness (QED) is 0.551. The zero-order valence-electron chi connectivity index (χ0n) is 17.5. The maximum atomic E-state index is 12.8. The predicted molar refractivity (Wildman–Crippen MR) is 117 cm³/mol. The fourth-order valence-corrected chi connectivity index (χ4v) is 4.44. The van der Waals surface area contributed by atoms with Crippen molar-refractivity contribution < 1.29 is 19.2 Å². The molecule has 2 aliphatic rings. The van der Waals surface area contributed by atoms with E-state index >= 15 is 0 Å². The predicted octanol–water partition coefficient (Wildman–Crippen LogP) is 2.17. The Balaban J connectivity index is 1.29. The van der Waals surface area contributed by atoms with Crippen LogP contribution in [-0.2, 0) is 22.7 Å². The molecule has 0 spiro atoms. The van der Waals surface area contributed by atoms with Crippen molar-refractivity contribution in [3.63, 3.8) is 0 Å². The van der Waals surface area contributed by atoms with Crippen molar-refractivity contribution in [2.75, 3.05) is 0 Å². The van der Waals surface area contributed by atoms with Crippen LogP contribution in [-0.4, -0.2) is 39.6 Å². The number of carbonyl (C=O) groups is 4. The average molecular weight is 430 g/mol. The summed E-state index contributed by atoms with van der Waals surface area (Å²) in [6.45, 7) is 2.61. The van der Waals surface area contributed by atoms with Gasteiger partial charge in [0.05, 0.1) is 5.56 Å². The Morgan fingerprint density at radius 1 is 1.16 bits per heavy atom. The lowest BCUT2D eigenvalue weighted by atomic mass is 10.0. The number of H-pyrrole nitrogens is 1. The second-order valence-corrected chi connectivity index (χ2v) is 8.33. The highest BCUT2D eigenvalue weighted by molar-refractivity contribution is 6.07. The van der Waals surface area contributed by atoms with Gasteiger partial charge < -0.3 is 15.2 Å². The van der Waals surface area contributed by atoms with E-state index in [9.17, 15) is 19.2 Å². The van der Waals surface area contributed by atoms with Gasteiger partial charge in [0, 0.05) is 42.2 Å². The smallest absolute Gasteiger partial charge is 0.255 e. The summed E-state index contributed by atoms with van der Waals surface area (Å²) >= 11 is 0. The normalized spacial score (nSPS) is 18.1. The molecule has 1 fully saturated rings. The molecule has 4 amide bonds.